The van der Waals surface area contributed by atoms with Gasteiger partial charge in [-0.05, 0) is 97.7 Å². The molecule has 6 fully saturated rings. The summed E-state index contributed by atoms with van der Waals surface area (Å²) in [4.78, 5) is 14.4. The van der Waals surface area contributed by atoms with E-state index in [-0.39, 0.29) is 10.8 Å². The summed E-state index contributed by atoms with van der Waals surface area (Å²) < 4.78 is 6.92. The van der Waals surface area contributed by atoms with Crippen molar-refractivity contribution < 1.29 is 9.53 Å². The third kappa shape index (κ3) is 3.32. The molecule has 4 aliphatic carbocycles. The number of carbonyl (C=O) groups is 1. The molecule has 2 aromatic carbocycles. The molecule has 198 valence electrons. The molecule has 0 aromatic heterocycles. The van der Waals surface area contributed by atoms with E-state index in [0.717, 1.165) is 6.42 Å². The Hall–Kier alpha value is -2.45. The molecule has 1 spiro atoms. The van der Waals surface area contributed by atoms with Gasteiger partial charge in [-0.1, -0.05) is 92.2 Å². The Balaban J connectivity index is 1.23. The first-order chi connectivity index (χ1) is 18.4. The minimum absolute atomic E-state index is 0.0321. The number of benzene rings is 2. The van der Waals surface area contributed by atoms with Crippen LogP contribution in [-0.2, 0) is 9.53 Å². The Kier molecular flexibility index (Phi) is 5.68. The van der Waals surface area contributed by atoms with Crippen molar-refractivity contribution in [3.05, 3.63) is 89.5 Å². The lowest BCUT2D eigenvalue weighted by molar-refractivity contribution is -0.307. The zero-order chi connectivity index (χ0) is 26.1. The monoisotopic (exact) mass is 506 g/mol. The van der Waals surface area contributed by atoms with Crippen molar-refractivity contribution in [2.45, 2.75) is 83.8 Å². The van der Waals surface area contributed by atoms with Crippen LogP contribution >= 0.6 is 0 Å². The van der Waals surface area contributed by atoms with Gasteiger partial charge in [0.25, 0.3) is 0 Å². The molecule has 4 bridgehead atoms. The molecule has 2 aromatic rings. The molecule has 0 N–H and O–H groups in total. The van der Waals surface area contributed by atoms with Crippen LogP contribution in [0.25, 0.3) is 5.57 Å². The largest absolute Gasteiger partial charge is 0.363 e. The van der Waals surface area contributed by atoms with Gasteiger partial charge in [-0.3, -0.25) is 4.79 Å². The van der Waals surface area contributed by atoms with Crippen molar-refractivity contribution in [1.82, 2.24) is 0 Å². The number of carbonyl (C=O) groups excluding carboxylic acids is 1. The number of hydrogen-bond acceptors (Lipinski definition) is 2. The lowest BCUT2D eigenvalue weighted by Gasteiger charge is -2.70. The molecule has 38 heavy (non-hydrogen) atoms. The highest BCUT2D eigenvalue weighted by molar-refractivity contribution is 5.91. The van der Waals surface area contributed by atoms with Crippen LogP contribution in [0.1, 0.15) is 83.3 Å². The molecular weight excluding hydrogens is 464 g/mol. The zero-order valence-corrected chi connectivity index (χ0v) is 23.3. The Morgan fingerprint density at radius 2 is 1.50 bits per heavy atom. The van der Waals surface area contributed by atoms with Gasteiger partial charge >= 0.3 is 0 Å². The Labute approximate surface area is 228 Å². The van der Waals surface area contributed by atoms with Crippen molar-refractivity contribution in [2.75, 3.05) is 0 Å². The van der Waals surface area contributed by atoms with E-state index in [1.54, 1.807) is 0 Å². The van der Waals surface area contributed by atoms with Gasteiger partial charge in [0.05, 0.1) is 6.10 Å². The molecule has 8 rings (SSSR count). The predicted octanol–water partition coefficient (Wildman–Crippen LogP) is 8.42. The number of Topliss-reactive ketones (excluding diaryl/α,β-unsaturated/α-hetero) is 1. The number of fused-ring (bicyclic) bond motifs is 3. The van der Waals surface area contributed by atoms with E-state index in [2.05, 4.69) is 93.6 Å². The lowest BCUT2D eigenvalue weighted by Crippen LogP contribution is -2.75. The number of hydrogen-bond donors (Lipinski definition) is 0. The van der Waals surface area contributed by atoms with Crippen LogP contribution in [-0.4, -0.2) is 17.5 Å². The molecule has 8 unspecified atom stereocenters. The number of ketones is 1. The minimum Gasteiger partial charge on any atom is -0.363 e. The van der Waals surface area contributed by atoms with Crippen LogP contribution in [0.3, 0.4) is 0 Å². The van der Waals surface area contributed by atoms with Gasteiger partial charge in [-0.25, -0.2) is 0 Å². The first kappa shape index (κ1) is 24.6. The summed E-state index contributed by atoms with van der Waals surface area (Å²) >= 11 is 0. The summed E-state index contributed by atoms with van der Waals surface area (Å²) in [5.74, 6) is 2.55. The molecule has 0 radical (unpaired) electrons. The summed E-state index contributed by atoms with van der Waals surface area (Å²) in [6.07, 6.45) is 14.1. The van der Waals surface area contributed by atoms with E-state index in [1.807, 2.05) is 0 Å². The third-order valence-electron chi connectivity index (χ3n) is 12.1. The van der Waals surface area contributed by atoms with Gasteiger partial charge in [0.2, 0.25) is 0 Å². The van der Waals surface area contributed by atoms with E-state index in [0.29, 0.717) is 42.0 Å². The van der Waals surface area contributed by atoms with Crippen LogP contribution in [0.4, 0.5) is 0 Å². The van der Waals surface area contributed by atoms with Crippen molar-refractivity contribution in [1.29, 1.82) is 0 Å². The van der Waals surface area contributed by atoms with E-state index in [9.17, 15) is 4.79 Å². The van der Waals surface area contributed by atoms with Crippen molar-refractivity contribution in [2.24, 2.45) is 34.5 Å². The van der Waals surface area contributed by atoms with Crippen molar-refractivity contribution in [3.63, 3.8) is 0 Å². The van der Waals surface area contributed by atoms with Crippen LogP contribution in [0.5, 0.6) is 0 Å². The SMILES string of the molecule is C/C(=C/C=C(c1ccccc1)c1ccccc1)C1CCC2C3CCC4CC5CCC4(C)C3(O5)C(=O)CC12C. The van der Waals surface area contributed by atoms with E-state index in [4.69, 9.17) is 4.74 Å². The second kappa shape index (κ2) is 8.78. The van der Waals surface area contributed by atoms with Gasteiger partial charge in [-0.15, -0.1) is 0 Å². The molecular formula is C36H42O2. The first-order valence-electron chi connectivity index (χ1n) is 15.1. The maximum absolute atomic E-state index is 14.4. The second-order valence-electron chi connectivity index (χ2n) is 13.6. The van der Waals surface area contributed by atoms with Crippen molar-refractivity contribution >= 4 is 11.4 Å². The summed E-state index contributed by atoms with van der Waals surface area (Å²) in [6, 6.07) is 21.4. The Bertz CT molecular complexity index is 1250. The molecule has 8 atom stereocenters. The molecule has 0 amide bonds. The topological polar surface area (TPSA) is 26.3 Å². The summed E-state index contributed by atoms with van der Waals surface area (Å²) in [7, 11) is 0. The Morgan fingerprint density at radius 1 is 0.842 bits per heavy atom. The molecule has 2 nitrogen and oxygen atoms in total. The average Bonchev–Trinajstić information content (AvgIpc) is 3.26. The molecule has 2 heterocycles. The highest BCUT2D eigenvalue weighted by Crippen LogP contribution is 2.72. The van der Waals surface area contributed by atoms with Crippen molar-refractivity contribution in [3.8, 4) is 0 Å². The smallest absolute Gasteiger partial charge is 0.166 e. The van der Waals surface area contributed by atoms with E-state index >= 15 is 0 Å². The van der Waals surface area contributed by atoms with E-state index < -0.39 is 5.60 Å². The highest BCUT2D eigenvalue weighted by atomic mass is 16.5. The van der Waals surface area contributed by atoms with Gasteiger partial charge in [0, 0.05) is 11.8 Å². The van der Waals surface area contributed by atoms with E-state index in [1.165, 1.54) is 60.8 Å². The van der Waals surface area contributed by atoms with Gasteiger partial charge in [0.1, 0.15) is 5.60 Å². The predicted molar refractivity (Wildman–Crippen MR) is 153 cm³/mol. The quantitative estimate of drug-likeness (QED) is 0.389. The lowest BCUT2D eigenvalue weighted by atomic mass is 9.40. The molecule has 4 saturated carbocycles. The second-order valence-corrected chi connectivity index (χ2v) is 13.6. The maximum atomic E-state index is 14.4. The number of ether oxygens (including phenoxy) is 1. The first-order valence-corrected chi connectivity index (χ1v) is 15.1. The summed E-state index contributed by atoms with van der Waals surface area (Å²) in [5, 5.41) is 0. The summed E-state index contributed by atoms with van der Waals surface area (Å²) in [5.41, 5.74) is 4.74. The fraction of sp³-hybridized carbons (Fsp3) is 0.528. The Morgan fingerprint density at radius 3 is 2.18 bits per heavy atom. The average molecular weight is 507 g/mol. The normalized spacial score (nSPS) is 41.4. The number of allylic oxidation sites excluding steroid dienone is 3. The fourth-order valence-corrected chi connectivity index (χ4v) is 10.3. The van der Waals surface area contributed by atoms with Gasteiger partial charge < -0.3 is 4.74 Å². The molecule has 6 aliphatic rings. The third-order valence-corrected chi connectivity index (χ3v) is 12.1. The fourth-order valence-electron chi connectivity index (χ4n) is 10.3. The highest BCUT2D eigenvalue weighted by Gasteiger charge is 2.74. The molecule has 2 aliphatic heterocycles. The maximum Gasteiger partial charge on any atom is 0.166 e. The van der Waals surface area contributed by atoms with Gasteiger partial charge in [0.15, 0.2) is 5.78 Å². The number of rotatable bonds is 4. The standard InChI is InChI=1S/C36H42O2/c1-24(14-16-29(25-10-6-4-7-11-25)26-12-8-5-9-13-26)30-18-19-31-32-17-15-27-22-28-20-21-35(27,3)36(32,38-28)33(37)23-34(30,31)2/h4-14,16,27-28,30-32H,15,17-23H2,1-3H3/b24-14-. The van der Waals surface area contributed by atoms with Crippen LogP contribution < -0.4 is 0 Å². The molecule has 2 heteroatoms. The van der Waals surface area contributed by atoms with Crippen LogP contribution in [0.15, 0.2) is 78.4 Å². The summed E-state index contributed by atoms with van der Waals surface area (Å²) in [6.45, 7) is 7.19. The van der Waals surface area contributed by atoms with Crippen LogP contribution in [0, 0.1) is 34.5 Å². The zero-order valence-electron chi connectivity index (χ0n) is 23.3. The molecule has 2 saturated heterocycles. The van der Waals surface area contributed by atoms with Crippen LogP contribution in [0.2, 0.25) is 0 Å². The minimum atomic E-state index is -0.499. The van der Waals surface area contributed by atoms with Gasteiger partial charge in [-0.2, -0.15) is 0 Å².